The first-order valence-electron chi connectivity index (χ1n) is 9.44. The molecule has 0 saturated carbocycles. The molecule has 29 heavy (non-hydrogen) atoms. The molecule has 0 atom stereocenters. The summed E-state index contributed by atoms with van der Waals surface area (Å²) in [7, 11) is 0. The fourth-order valence-electron chi connectivity index (χ4n) is 3.58. The molecule has 4 aromatic rings. The van der Waals surface area contributed by atoms with Crippen LogP contribution in [0.25, 0.3) is 22.6 Å². The second kappa shape index (κ2) is 7.89. The minimum absolute atomic E-state index is 0.542. The van der Waals surface area contributed by atoms with Gasteiger partial charge in [0.1, 0.15) is 0 Å². The third kappa shape index (κ3) is 3.68. The molecule has 0 saturated heterocycles. The van der Waals surface area contributed by atoms with Crippen molar-refractivity contribution in [2.45, 2.75) is 13.5 Å². The Morgan fingerprint density at radius 2 is 1.76 bits per heavy atom. The molecule has 3 heteroatoms. The van der Waals surface area contributed by atoms with Crippen LogP contribution in [0.1, 0.15) is 27.8 Å². The number of nitriles is 2. The molecule has 3 nitrogen and oxygen atoms in total. The van der Waals surface area contributed by atoms with Crippen molar-refractivity contribution >= 4 is 22.6 Å². The quantitative estimate of drug-likeness (QED) is 0.416. The van der Waals surface area contributed by atoms with Crippen LogP contribution in [0.4, 0.5) is 0 Å². The monoisotopic (exact) mass is 373 g/mol. The molecule has 1 aromatic heterocycles. The molecule has 0 aliphatic carbocycles. The van der Waals surface area contributed by atoms with Crippen LogP contribution in [0.15, 0.2) is 79.0 Å². The lowest BCUT2D eigenvalue weighted by molar-refractivity contribution is 0.830. The number of aromatic nitrogens is 1. The van der Waals surface area contributed by atoms with Crippen molar-refractivity contribution in [3.63, 3.8) is 0 Å². The highest BCUT2D eigenvalue weighted by atomic mass is 15.0. The summed E-state index contributed by atoms with van der Waals surface area (Å²) in [5, 5.41) is 20.0. The van der Waals surface area contributed by atoms with Crippen molar-refractivity contribution in [2.75, 3.05) is 0 Å². The maximum absolute atomic E-state index is 9.75. The summed E-state index contributed by atoms with van der Waals surface area (Å²) in [6, 6.07) is 28.2. The van der Waals surface area contributed by atoms with E-state index in [1.165, 1.54) is 11.1 Å². The van der Waals surface area contributed by atoms with Crippen LogP contribution in [0.3, 0.4) is 0 Å². The fourth-order valence-corrected chi connectivity index (χ4v) is 3.58. The zero-order valence-electron chi connectivity index (χ0n) is 16.1. The van der Waals surface area contributed by atoms with Gasteiger partial charge in [0.15, 0.2) is 0 Å². The number of hydrogen-bond acceptors (Lipinski definition) is 2. The SMILES string of the molecule is Cc1ccccc1Cn1cc(/C=C(\C#N)c2cccc(C#N)c2)c2ccccc21. The topological polar surface area (TPSA) is 52.5 Å². The van der Waals surface area contributed by atoms with E-state index >= 15 is 0 Å². The predicted octanol–water partition coefficient (Wildman–Crippen LogP) is 5.93. The Morgan fingerprint density at radius 1 is 0.966 bits per heavy atom. The van der Waals surface area contributed by atoms with Gasteiger partial charge in [-0.3, -0.25) is 0 Å². The molecule has 0 amide bonds. The molecule has 0 unspecified atom stereocenters. The summed E-state index contributed by atoms with van der Waals surface area (Å²) >= 11 is 0. The van der Waals surface area contributed by atoms with E-state index in [1.54, 1.807) is 18.2 Å². The number of benzene rings is 3. The van der Waals surface area contributed by atoms with Gasteiger partial charge in [-0.2, -0.15) is 10.5 Å². The van der Waals surface area contributed by atoms with E-state index in [1.807, 2.05) is 24.3 Å². The van der Waals surface area contributed by atoms with Gasteiger partial charge in [0, 0.05) is 29.2 Å². The minimum atomic E-state index is 0.542. The zero-order valence-corrected chi connectivity index (χ0v) is 16.1. The fraction of sp³-hybridized carbons (Fsp3) is 0.0769. The van der Waals surface area contributed by atoms with Gasteiger partial charge >= 0.3 is 0 Å². The lowest BCUT2D eigenvalue weighted by atomic mass is 10.0. The molecule has 0 bridgehead atoms. The average molecular weight is 373 g/mol. The smallest absolute Gasteiger partial charge is 0.0998 e. The highest BCUT2D eigenvalue weighted by molar-refractivity contribution is 5.98. The first kappa shape index (κ1) is 18.3. The standard InChI is InChI=1S/C26H19N3/c1-19-7-2-3-9-22(19)17-29-18-24(25-11-4-5-12-26(25)29)14-23(16-28)21-10-6-8-20(13-21)15-27/h2-14,18H,17H2,1H3/b23-14+. The first-order chi connectivity index (χ1) is 14.2. The van der Waals surface area contributed by atoms with Crippen molar-refractivity contribution in [3.05, 3.63) is 107 Å². The second-order valence-corrected chi connectivity index (χ2v) is 7.02. The molecule has 0 N–H and O–H groups in total. The van der Waals surface area contributed by atoms with E-state index in [4.69, 9.17) is 5.26 Å². The van der Waals surface area contributed by atoms with Gasteiger partial charge in [0.05, 0.1) is 23.3 Å². The van der Waals surface area contributed by atoms with Gasteiger partial charge in [-0.25, -0.2) is 0 Å². The Labute approximate surface area is 170 Å². The number of fused-ring (bicyclic) bond motifs is 1. The predicted molar refractivity (Wildman–Crippen MR) is 117 cm³/mol. The van der Waals surface area contributed by atoms with Gasteiger partial charge in [-0.05, 0) is 47.9 Å². The van der Waals surface area contributed by atoms with Crippen molar-refractivity contribution in [1.82, 2.24) is 4.57 Å². The zero-order chi connectivity index (χ0) is 20.2. The molecule has 0 aliphatic heterocycles. The molecule has 4 rings (SSSR count). The molecule has 3 aromatic carbocycles. The van der Waals surface area contributed by atoms with Crippen LogP contribution in [0, 0.1) is 29.6 Å². The third-order valence-corrected chi connectivity index (χ3v) is 5.14. The van der Waals surface area contributed by atoms with Crippen molar-refractivity contribution in [2.24, 2.45) is 0 Å². The van der Waals surface area contributed by atoms with Crippen LogP contribution in [0.5, 0.6) is 0 Å². The van der Waals surface area contributed by atoms with Gasteiger partial charge in [-0.15, -0.1) is 0 Å². The minimum Gasteiger partial charge on any atom is -0.342 e. The van der Waals surface area contributed by atoms with Crippen molar-refractivity contribution in [1.29, 1.82) is 10.5 Å². The first-order valence-corrected chi connectivity index (χ1v) is 9.44. The maximum atomic E-state index is 9.75. The van der Waals surface area contributed by atoms with E-state index < -0.39 is 0 Å². The van der Waals surface area contributed by atoms with Crippen LogP contribution < -0.4 is 0 Å². The number of rotatable bonds is 4. The Kier molecular flexibility index (Phi) is 4.97. The second-order valence-electron chi connectivity index (χ2n) is 7.02. The van der Waals surface area contributed by atoms with E-state index in [-0.39, 0.29) is 0 Å². The number of para-hydroxylation sites is 1. The number of aryl methyl sites for hydroxylation is 1. The van der Waals surface area contributed by atoms with Crippen molar-refractivity contribution in [3.8, 4) is 12.1 Å². The van der Waals surface area contributed by atoms with Crippen molar-refractivity contribution < 1.29 is 0 Å². The summed E-state index contributed by atoms with van der Waals surface area (Å²) in [4.78, 5) is 0. The van der Waals surface area contributed by atoms with Gasteiger partial charge in [0.25, 0.3) is 0 Å². The summed E-state index contributed by atoms with van der Waals surface area (Å²) in [6.45, 7) is 2.89. The number of allylic oxidation sites excluding steroid dienone is 1. The van der Waals surface area contributed by atoms with Crippen LogP contribution in [-0.4, -0.2) is 4.57 Å². The Bertz CT molecular complexity index is 1310. The molecule has 138 valence electrons. The van der Waals surface area contributed by atoms with Gasteiger partial charge < -0.3 is 4.57 Å². The lowest BCUT2D eigenvalue weighted by Crippen LogP contribution is -1.99. The highest BCUT2D eigenvalue weighted by Gasteiger charge is 2.10. The molecule has 0 radical (unpaired) electrons. The Balaban J connectivity index is 1.82. The molecule has 0 spiro atoms. The normalized spacial score (nSPS) is 11.2. The van der Waals surface area contributed by atoms with Gasteiger partial charge in [0.2, 0.25) is 0 Å². The molecule has 0 fully saturated rings. The highest BCUT2D eigenvalue weighted by Crippen LogP contribution is 2.27. The van der Waals surface area contributed by atoms with E-state index in [9.17, 15) is 5.26 Å². The molecular formula is C26H19N3. The summed E-state index contributed by atoms with van der Waals surface area (Å²) in [5.74, 6) is 0. The number of hydrogen-bond donors (Lipinski definition) is 0. The molecule has 0 aliphatic rings. The van der Waals surface area contributed by atoms with Crippen LogP contribution in [0.2, 0.25) is 0 Å². The van der Waals surface area contributed by atoms with Crippen LogP contribution in [-0.2, 0) is 6.54 Å². The summed E-state index contributed by atoms with van der Waals surface area (Å²) in [5.41, 5.74) is 6.49. The Hall–Kier alpha value is -4.08. The molecular weight excluding hydrogens is 354 g/mol. The summed E-state index contributed by atoms with van der Waals surface area (Å²) < 4.78 is 2.23. The largest absolute Gasteiger partial charge is 0.342 e. The van der Waals surface area contributed by atoms with Gasteiger partial charge in [-0.1, -0.05) is 54.6 Å². The average Bonchev–Trinajstić information content (AvgIpc) is 3.11. The summed E-state index contributed by atoms with van der Waals surface area (Å²) in [6.07, 6.45) is 4.01. The van der Waals surface area contributed by atoms with E-state index in [0.29, 0.717) is 11.1 Å². The number of nitrogens with zero attached hydrogens (tertiary/aromatic N) is 3. The lowest BCUT2D eigenvalue weighted by Gasteiger charge is -2.08. The molecule has 1 heterocycles. The van der Waals surface area contributed by atoms with Crippen LogP contribution >= 0.6 is 0 Å². The Morgan fingerprint density at radius 3 is 2.55 bits per heavy atom. The maximum Gasteiger partial charge on any atom is 0.0998 e. The third-order valence-electron chi connectivity index (χ3n) is 5.14. The van der Waals surface area contributed by atoms with E-state index in [0.717, 1.165) is 28.6 Å². The van der Waals surface area contributed by atoms with E-state index in [2.05, 4.69) is 66.2 Å².